The van der Waals surface area contributed by atoms with Gasteiger partial charge in [0, 0.05) is 44.3 Å². The number of hydrogen-bond acceptors (Lipinski definition) is 2. The Bertz CT molecular complexity index is 794. The molecule has 2 aromatic carbocycles. The molecule has 0 saturated heterocycles. The number of aliphatic imine (C=N–C) groups is 1. The van der Waals surface area contributed by atoms with E-state index in [0.717, 1.165) is 42.5 Å². The van der Waals surface area contributed by atoms with Crippen molar-refractivity contribution in [2.24, 2.45) is 4.99 Å². The Morgan fingerprint density at radius 1 is 1.03 bits per heavy atom. The van der Waals surface area contributed by atoms with Crippen molar-refractivity contribution in [3.05, 3.63) is 70.2 Å². The lowest BCUT2D eigenvalue weighted by Gasteiger charge is -2.13. The molecule has 0 atom stereocenters. The van der Waals surface area contributed by atoms with Gasteiger partial charge >= 0.3 is 0 Å². The lowest BCUT2D eigenvalue weighted by molar-refractivity contribution is 0.0827. The van der Waals surface area contributed by atoms with Gasteiger partial charge in [0.2, 0.25) is 0 Å². The Hall–Kier alpha value is -1.80. The van der Waals surface area contributed by atoms with Crippen LogP contribution in [0.4, 0.5) is 0 Å². The van der Waals surface area contributed by atoms with Crippen molar-refractivity contribution in [1.29, 1.82) is 0 Å². The van der Waals surface area contributed by atoms with Crippen LogP contribution in [0.3, 0.4) is 0 Å². The molecular weight excluding hydrogens is 499 g/mol. The van der Waals surface area contributed by atoms with E-state index in [1.54, 1.807) is 19.0 Å². The number of halogens is 2. The average Bonchev–Trinajstić information content (AvgIpc) is 2.69. The molecule has 0 fully saturated rings. The van der Waals surface area contributed by atoms with Gasteiger partial charge in [0.25, 0.3) is 5.91 Å². The Morgan fingerprint density at radius 2 is 1.76 bits per heavy atom. The normalized spacial score (nSPS) is 10.8. The predicted octanol–water partition coefficient (Wildman–Crippen LogP) is 4.00. The zero-order valence-corrected chi connectivity index (χ0v) is 20.3. The molecule has 0 radical (unpaired) electrons. The third-order valence-corrected chi connectivity index (χ3v) is 4.47. The van der Waals surface area contributed by atoms with E-state index in [0.29, 0.717) is 12.1 Å². The second-order valence-electron chi connectivity index (χ2n) is 6.71. The second-order valence-corrected chi connectivity index (χ2v) is 7.15. The summed E-state index contributed by atoms with van der Waals surface area (Å²) >= 11 is 5.92. The lowest BCUT2D eigenvalue weighted by atomic mass is 10.1. The zero-order valence-electron chi connectivity index (χ0n) is 17.2. The minimum Gasteiger partial charge on any atom is -0.357 e. The Balaban J connectivity index is 0.00000420. The zero-order chi connectivity index (χ0) is 20.4. The van der Waals surface area contributed by atoms with Crippen LogP contribution in [0.2, 0.25) is 5.02 Å². The molecule has 7 heteroatoms. The van der Waals surface area contributed by atoms with Gasteiger partial charge in [-0.15, -0.1) is 24.0 Å². The molecule has 0 aliphatic heterocycles. The van der Waals surface area contributed by atoms with Gasteiger partial charge in [0.1, 0.15) is 0 Å². The molecule has 0 aromatic heterocycles. The summed E-state index contributed by atoms with van der Waals surface area (Å²) in [6.45, 7) is 4.29. The first kappa shape index (κ1) is 25.2. The van der Waals surface area contributed by atoms with Crippen molar-refractivity contribution in [2.45, 2.75) is 19.8 Å². The van der Waals surface area contributed by atoms with Crippen LogP contribution in [-0.2, 0) is 12.8 Å². The number of hydrogen-bond donors (Lipinski definition) is 2. The first-order valence-corrected chi connectivity index (χ1v) is 9.94. The molecule has 2 rings (SSSR count). The molecule has 1 amide bonds. The average molecular weight is 529 g/mol. The van der Waals surface area contributed by atoms with E-state index in [2.05, 4.69) is 15.6 Å². The van der Waals surface area contributed by atoms with E-state index in [1.165, 1.54) is 5.56 Å². The summed E-state index contributed by atoms with van der Waals surface area (Å²) in [4.78, 5) is 18.3. The van der Waals surface area contributed by atoms with Crippen molar-refractivity contribution in [3.8, 4) is 0 Å². The molecule has 0 saturated carbocycles. The van der Waals surface area contributed by atoms with Crippen LogP contribution < -0.4 is 10.6 Å². The monoisotopic (exact) mass is 528 g/mol. The molecule has 2 aromatic rings. The highest BCUT2D eigenvalue weighted by Crippen LogP contribution is 2.10. The van der Waals surface area contributed by atoms with Crippen molar-refractivity contribution < 1.29 is 4.79 Å². The van der Waals surface area contributed by atoms with Crippen LogP contribution in [0.25, 0.3) is 0 Å². The molecule has 0 spiro atoms. The molecule has 29 heavy (non-hydrogen) atoms. The fourth-order valence-electron chi connectivity index (χ4n) is 2.73. The fourth-order valence-corrected chi connectivity index (χ4v) is 2.86. The van der Waals surface area contributed by atoms with Crippen LogP contribution in [-0.4, -0.2) is 50.5 Å². The van der Waals surface area contributed by atoms with E-state index in [-0.39, 0.29) is 29.9 Å². The second kappa shape index (κ2) is 13.4. The van der Waals surface area contributed by atoms with Crippen LogP contribution >= 0.6 is 35.6 Å². The molecule has 0 bridgehead atoms. The minimum absolute atomic E-state index is 0. The minimum atomic E-state index is 0. The van der Waals surface area contributed by atoms with E-state index in [9.17, 15) is 4.79 Å². The maximum Gasteiger partial charge on any atom is 0.253 e. The number of guanidine groups is 1. The van der Waals surface area contributed by atoms with E-state index < -0.39 is 0 Å². The van der Waals surface area contributed by atoms with Crippen LogP contribution in [0.15, 0.2) is 53.5 Å². The summed E-state index contributed by atoms with van der Waals surface area (Å²) in [6.07, 6.45) is 1.68. The standard InChI is InChI=1S/C22H29ClN4O.HI/c1-4-24-22(25-14-12-17-8-10-20(23)11-9-17)26-15-13-18-6-5-7-19(16-18)21(28)27(2)3;/h5-11,16H,4,12-15H2,1-3H3,(H2,24,25,26);1H. The fraction of sp³-hybridized carbons (Fsp3) is 0.364. The number of benzene rings is 2. The van der Waals surface area contributed by atoms with E-state index in [4.69, 9.17) is 11.6 Å². The van der Waals surface area contributed by atoms with Crippen molar-refractivity contribution in [2.75, 3.05) is 33.7 Å². The van der Waals surface area contributed by atoms with Gasteiger partial charge in [0.05, 0.1) is 0 Å². The lowest BCUT2D eigenvalue weighted by Crippen LogP contribution is -2.38. The first-order valence-electron chi connectivity index (χ1n) is 9.57. The highest BCUT2D eigenvalue weighted by molar-refractivity contribution is 14.0. The quantitative estimate of drug-likeness (QED) is 0.309. The molecule has 5 nitrogen and oxygen atoms in total. The van der Waals surface area contributed by atoms with E-state index >= 15 is 0 Å². The van der Waals surface area contributed by atoms with Crippen LogP contribution in [0, 0.1) is 0 Å². The molecule has 0 aliphatic rings. The SMILES string of the molecule is CCNC(=NCCc1ccc(Cl)cc1)NCCc1cccc(C(=O)N(C)C)c1.I. The maximum atomic E-state index is 12.1. The smallest absolute Gasteiger partial charge is 0.253 e. The van der Waals surface area contributed by atoms with E-state index in [1.807, 2.05) is 55.5 Å². The summed E-state index contributed by atoms with van der Waals surface area (Å²) in [5, 5.41) is 7.37. The van der Waals surface area contributed by atoms with Gasteiger partial charge in [-0.2, -0.15) is 0 Å². The van der Waals surface area contributed by atoms with Crippen LogP contribution in [0.1, 0.15) is 28.4 Å². The number of amides is 1. The largest absolute Gasteiger partial charge is 0.357 e. The van der Waals surface area contributed by atoms with Gasteiger partial charge in [-0.3, -0.25) is 9.79 Å². The topological polar surface area (TPSA) is 56.7 Å². The highest BCUT2D eigenvalue weighted by atomic mass is 127. The third-order valence-electron chi connectivity index (χ3n) is 4.21. The van der Waals surface area contributed by atoms with Gasteiger partial charge in [-0.1, -0.05) is 35.9 Å². The number of carbonyl (C=O) groups excluding carboxylic acids is 1. The molecule has 158 valence electrons. The Morgan fingerprint density at radius 3 is 2.41 bits per heavy atom. The first-order chi connectivity index (χ1) is 13.5. The number of nitrogens with one attached hydrogen (secondary N) is 2. The number of nitrogens with zero attached hydrogens (tertiary/aromatic N) is 2. The molecule has 0 unspecified atom stereocenters. The maximum absolute atomic E-state index is 12.1. The van der Waals surface area contributed by atoms with Gasteiger partial charge in [-0.25, -0.2) is 0 Å². The number of carbonyl (C=O) groups is 1. The highest BCUT2D eigenvalue weighted by Gasteiger charge is 2.08. The molecule has 2 N–H and O–H groups in total. The van der Waals surface area contributed by atoms with Crippen LogP contribution in [0.5, 0.6) is 0 Å². The van der Waals surface area contributed by atoms with Gasteiger partial charge in [0.15, 0.2) is 5.96 Å². The number of rotatable bonds is 8. The summed E-state index contributed by atoms with van der Waals surface area (Å²) < 4.78 is 0. The Labute approximate surface area is 196 Å². The molecule has 0 aliphatic carbocycles. The Kier molecular flexibility index (Phi) is 11.7. The van der Waals surface area contributed by atoms with Gasteiger partial charge < -0.3 is 15.5 Å². The predicted molar refractivity (Wildman–Crippen MR) is 133 cm³/mol. The molecular formula is C22H30ClIN4O. The molecule has 0 heterocycles. The van der Waals surface area contributed by atoms with Crippen molar-refractivity contribution in [3.63, 3.8) is 0 Å². The summed E-state index contributed by atoms with van der Waals surface area (Å²) in [5.41, 5.74) is 3.05. The third kappa shape index (κ3) is 9.04. The van der Waals surface area contributed by atoms with Crippen molar-refractivity contribution in [1.82, 2.24) is 15.5 Å². The summed E-state index contributed by atoms with van der Waals surface area (Å²) in [7, 11) is 3.53. The summed E-state index contributed by atoms with van der Waals surface area (Å²) in [6, 6.07) is 15.6. The van der Waals surface area contributed by atoms with Crippen molar-refractivity contribution >= 4 is 47.4 Å². The van der Waals surface area contributed by atoms with Gasteiger partial charge in [-0.05, 0) is 55.2 Å². The summed E-state index contributed by atoms with van der Waals surface area (Å²) in [5.74, 6) is 0.823.